The van der Waals surface area contributed by atoms with Crippen LogP contribution >= 0.6 is 0 Å². The molecule has 0 bridgehead atoms. The summed E-state index contributed by atoms with van der Waals surface area (Å²) in [7, 11) is 0. The van der Waals surface area contributed by atoms with Crippen molar-refractivity contribution < 1.29 is 9.53 Å². The Morgan fingerprint density at radius 1 is 1.33 bits per heavy atom. The summed E-state index contributed by atoms with van der Waals surface area (Å²) in [5, 5.41) is 0. The van der Waals surface area contributed by atoms with Crippen molar-refractivity contribution in [3.05, 3.63) is 0 Å². The van der Waals surface area contributed by atoms with Gasteiger partial charge in [-0.05, 0) is 19.8 Å². The van der Waals surface area contributed by atoms with E-state index in [0.717, 1.165) is 0 Å². The molecule has 0 saturated heterocycles. The number of rotatable bonds is 4. The molecule has 0 aliphatic rings. The van der Waals surface area contributed by atoms with Gasteiger partial charge in [0.05, 0.1) is 6.10 Å². The molecule has 72 valence electrons. The SMILES string of the molecule is CC(OC(C)C(C)C)C(=O)NN. The minimum Gasteiger partial charge on any atom is -0.365 e. The van der Waals surface area contributed by atoms with Crippen molar-refractivity contribution in [1.82, 2.24) is 5.43 Å². The van der Waals surface area contributed by atoms with Gasteiger partial charge in [-0.2, -0.15) is 0 Å². The highest BCUT2D eigenvalue weighted by Gasteiger charge is 2.16. The van der Waals surface area contributed by atoms with Crippen LogP contribution in [-0.4, -0.2) is 18.1 Å². The normalized spacial score (nSPS) is 15.8. The first-order chi connectivity index (χ1) is 5.49. The van der Waals surface area contributed by atoms with Gasteiger partial charge in [-0.15, -0.1) is 0 Å². The van der Waals surface area contributed by atoms with Gasteiger partial charge in [0, 0.05) is 0 Å². The largest absolute Gasteiger partial charge is 0.365 e. The number of hydrogen-bond acceptors (Lipinski definition) is 3. The molecule has 0 fully saturated rings. The second kappa shape index (κ2) is 5.11. The van der Waals surface area contributed by atoms with E-state index in [2.05, 4.69) is 0 Å². The molecule has 0 aliphatic carbocycles. The summed E-state index contributed by atoms with van der Waals surface area (Å²) in [5.41, 5.74) is 2.05. The zero-order chi connectivity index (χ0) is 9.72. The van der Waals surface area contributed by atoms with Crippen LogP contribution in [0, 0.1) is 5.92 Å². The Morgan fingerprint density at radius 3 is 2.17 bits per heavy atom. The number of ether oxygens (including phenoxy) is 1. The molecule has 0 saturated carbocycles. The summed E-state index contributed by atoms with van der Waals surface area (Å²) in [6.45, 7) is 7.70. The Kier molecular flexibility index (Phi) is 4.85. The Balaban J connectivity index is 3.83. The molecule has 0 aromatic carbocycles. The third-order valence-corrected chi connectivity index (χ3v) is 1.87. The second-order valence-corrected chi connectivity index (χ2v) is 3.24. The minimum absolute atomic E-state index is 0.0669. The average Bonchev–Trinajstić information content (AvgIpc) is 2.02. The average molecular weight is 174 g/mol. The summed E-state index contributed by atoms with van der Waals surface area (Å²) < 4.78 is 5.37. The number of carbonyl (C=O) groups is 1. The molecule has 0 spiro atoms. The zero-order valence-electron chi connectivity index (χ0n) is 8.13. The molecule has 0 rings (SSSR count). The maximum Gasteiger partial charge on any atom is 0.262 e. The molecule has 2 unspecified atom stereocenters. The van der Waals surface area contributed by atoms with E-state index in [-0.39, 0.29) is 12.0 Å². The second-order valence-electron chi connectivity index (χ2n) is 3.24. The molecule has 0 radical (unpaired) electrons. The van der Waals surface area contributed by atoms with E-state index in [4.69, 9.17) is 10.6 Å². The predicted molar refractivity (Wildman–Crippen MR) is 47.2 cm³/mol. The Morgan fingerprint density at radius 2 is 1.83 bits per heavy atom. The maximum atomic E-state index is 10.9. The van der Waals surface area contributed by atoms with Crippen molar-refractivity contribution >= 4 is 5.91 Å². The topological polar surface area (TPSA) is 64.3 Å². The van der Waals surface area contributed by atoms with Gasteiger partial charge in [0.2, 0.25) is 0 Å². The first-order valence-electron chi connectivity index (χ1n) is 4.15. The van der Waals surface area contributed by atoms with Gasteiger partial charge in [-0.1, -0.05) is 13.8 Å². The number of amides is 1. The van der Waals surface area contributed by atoms with Crippen molar-refractivity contribution in [2.24, 2.45) is 11.8 Å². The van der Waals surface area contributed by atoms with E-state index in [9.17, 15) is 4.79 Å². The highest BCUT2D eigenvalue weighted by atomic mass is 16.5. The molecule has 0 aliphatic heterocycles. The van der Waals surface area contributed by atoms with E-state index in [0.29, 0.717) is 5.92 Å². The summed E-state index contributed by atoms with van der Waals surface area (Å²) in [5.74, 6) is 5.06. The summed E-state index contributed by atoms with van der Waals surface area (Å²) in [4.78, 5) is 10.9. The van der Waals surface area contributed by atoms with Crippen LogP contribution < -0.4 is 11.3 Å². The van der Waals surface area contributed by atoms with Gasteiger partial charge >= 0.3 is 0 Å². The number of nitrogens with one attached hydrogen (secondary N) is 1. The monoisotopic (exact) mass is 174 g/mol. The van der Waals surface area contributed by atoms with Crippen LogP contribution in [0.3, 0.4) is 0 Å². The first-order valence-corrected chi connectivity index (χ1v) is 4.15. The summed E-state index contributed by atoms with van der Waals surface area (Å²) in [6, 6.07) is 0. The Bertz CT molecular complexity index is 148. The molecule has 4 heteroatoms. The smallest absolute Gasteiger partial charge is 0.262 e. The molecular formula is C8H18N2O2. The molecule has 0 aromatic heterocycles. The van der Waals surface area contributed by atoms with E-state index in [1.165, 1.54) is 0 Å². The number of carbonyl (C=O) groups excluding carboxylic acids is 1. The van der Waals surface area contributed by atoms with Gasteiger partial charge < -0.3 is 4.74 Å². The van der Waals surface area contributed by atoms with Crippen LogP contribution in [0.1, 0.15) is 27.7 Å². The fourth-order valence-electron chi connectivity index (χ4n) is 0.658. The fraction of sp³-hybridized carbons (Fsp3) is 0.875. The van der Waals surface area contributed by atoms with Gasteiger partial charge in [-0.3, -0.25) is 10.2 Å². The Hall–Kier alpha value is -0.610. The number of hydrazine groups is 1. The quantitative estimate of drug-likeness (QED) is 0.369. The molecule has 0 heterocycles. The lowest BCUT2D eigenvalue weighted by Crippen LogP contribution is -2.40. The standard InChI is InChI=1S/C8H18N2O2/c1-5(2)6(3)12-7(4)8(11)10-9/h5-7H,9H2,1-4H3,(H,10,11). The molecule has 0 aromatic rings. The Labute approximate surface area is 73.4 Å². The van der Waals surface area contributed by atoms with Crippen molar-refractivity contribution in [3.8, 4) is 0 Å². The van der Waals surface area contributed by atoms with Crippen molar-refractivity contribution in [3.63, 3.8) is 0 Å². The molecule has 3 N–H and O–H groups in total. The van der Waals surface area contributed by atoms with E-state index in [1.54, 1.807) is 6.92 Å². The van der Waals surface area contributed by atoms with Crippen molar-refractivity contribution in [2.45, 2.75) is 39.9 Å². The number of nitrogens with two attached hydrogens (primary N) is 1. The highest BCUT2D eigenvalue weighted by molar-refractivity contribution is 5.79. The summed E-state index contributed by atoms with van der Waals surface area (Å²) in [6.07, 6.45) is -0.412. The number of hydrogen-bond donors (Lipinski definition) is 2. The lowest BCUT2D eigenvalue weighted by molar-refractivity contribution is -0.136. The van der Waals surface area contributed by atoms with Gasteiger partial charge in [-0.25, -0.2) is 5.84 Å². The molecule has 1 amide bonds. The third-order valence-electron chi connectivity index (χ3n) is 1.87. The van der Waals surface area contributed by atoms with Crippen LogP contribution in [0.4, 0.5) is 0 Å². The van der Waals surface area contributed by atoms with Crippen LogP contribution in [0.25, 0.3) is 0 Å². The maximum absolute atomic E-state index is 10.9. The van der Waals surface area contributed by atoms with Gasteiger partial charge in [0.15, 0.2) is 0 Å². The third kappa shape index (κ3) is 3.69. The van der Waals surface area contributed by atoms with Crippen LogP contribution in [0.2, 0.25) is 0 Å². The minimum atomic E-state index is -0.479. The van der Waals surface area contributed by atoms with Gasteiger partial charge in [0.25, 0.3) is 5.91 Å². The fourth-order valence-corrected chi connectivity index (χ4v) is 0.658. The lowest BCUT2D eigenvalue weighted by atomic mass is 10.1. The molecule has 4 nitrogen and oxygen atoms in total. The van der Waals surface area contributed by atoms with Crippen molar-refractivity contribution in [2.75, 3.05) is 0 Å². The summed E-state index contributed by atoms with van der Waals surface area (Å²) >= 11 is 0. The van der Waals surface area contributed by atoms with E-state index < -0.39 is 6.10 Å². The van der Waals surface area contributed by atoms with Crippen molar-refractivity contribution in [1.29, 1.82) is 0 Å². The van der Waals surface area contributed by atoms with Crippen LogP contribution in [0.15, 0.2) is 0 Å². The van der Waals surface area contributed by atoms with Crippen LogP contribution in [-0.2, 0) is 9.53 Å². The molecule has 2 atom stereocenters. The molecular weight excluding hydrogens is 156 g/mol. The van der Waals surface area contributed by atoms with Crippen LogP contribution in [0.5, 0.6) is 0 Å². The predicted octanol–water partition coefficient (Wildman–Crippen LogP) is 0.426. The van der Waals surface area contributed by atoms with E-state index in [1.807, 2.05) is 26.2 Å². The highest BCUT2D eigenvalue weighted by Crippen LogP contribution is 2.07. The lowest BCUT2D eigenvalue weighted by Gasteiger charge is -2.20. The zero-order valence-corrected chi connectivity index (χ0v) is 8.13. The molecule has 12 heavy (non-hydrogen) atoms. The first kappa shape index (κ1) is 11.4. The van der Waals surface area contributed by atoms with Gasteiger partial charge in [0.1, 0.15) is 6.10 Å². The van der Waals surface area contributed by atoms with E-state index >= 15 is 0 Å².